The molecule has 0 spiro atoms. The molecule has 1 N–H and O–H groups in total. The van der Waals surface area contributed by atoms with Gasteiger partial charge in [-0.2, -0.15) is 0 Å². The van der Waals surface area contributed by atoms with Crippen LogP contribution in [0.1, 0.15) is 41.6 Å². The number of ether oxygens (including phenoxy) is 2. The maximum Gasteiger partial charge on any atom is 0.261 e. The Kier molecular flexibility index (Phi) is 7.64. The first-order chi connectivity index (χ1) is 11.7. The number of amides is 1. The van der Waals surface area contributed by atoms with Gasteiger partial charge in [0.05, 0.1) is 12.2 Å². The summed E-state index contributed by atoms with van der Waals surface area (Å²) < 4.78 is 10.5. The normalized spacial score (nSPS) is 10.6. The summed E-state index contributed by atoms with van der Waals surface area (Å²) in [4.78, 5) is 12.5. The molecule has 7 heteroatoms. The SMILES string of the molecule is CCCCCc1nnc(NC(=O)c2ccccc2OCCOC)s1. The van der Waals surface area contributed by atoms with E-state index in [9.17, 15) is 4.79 Å². The number of unbranched alkanes of at least 4 members (excludes halogenated alkanes) is 2. The van der Waals surface area contributed by atoms with Crippen molar-refractivity contribution in [3.63, 3.8) is 0 Å². The third-order valence-corrected chi connectivity index (χ3v) is 4.26. The Labute approximate surface area is 146 Å². The Morgan fingerprint density at radius 2 is 2.04 bits per heavy atom. The second-order valence-electron chi connectivity index (χ2n) is 5.25. The van der Waals surface area contributed by atoms with E-state index in [1.807, 2.05) is 6.07 Å². The fourth-order valence-electron chi connectivity index (χ4n) is 2.11. The molecule has 2 rings (SSSR count). The molecule has 0 saturated heterocycles. The van der Waals surface area contributed by atoms with Crippen molar-refractivity contribution in [1.29, 1.82) is 0 Å². The van der Waals surface area contributed by atoms with E-state index < -0.39 is 0 Å². The molecular formula is C17H23N3O3S. The van der Waals surface area contributed by atoms with E-state index >= 15 is 0 Å². The molecule has 0 atom stereocenters. The summed E-state index contributed by atoms with van der Waals surface area (Å²) in [7, 11) is 1.61. The van der Waals surface area contributed by atoms with E-state index in [0.29, 0.717) is 29.7 Å². The van der Waals surface area contributed by atoms with Crippen LogP contribution in [0.5, 0.6) is 5.75 Å². The molecule has 0 saturated carbocycles. The van der Waals surface area contributed by atoms with Crippen molar-refractivity contribution in [2.24, 2.45) is 0 Å². The molecule has 0 aliphatic rings. The highest BCUT2D eigenvalue weighted by Crippen LogP contribution is 2.22. The molecule has 130 valence electrons. The zero-order valence-electron chi connectivity index (χ0n) is 14.1. The lowest BCUT2D eigenvalue weighted by Crippen LogP contribution is -2.14. The highest BCUT2D eigenvalue weighted by molar-refractivity contribution is 7.15. The molecule has 0 radical (unpaired) electrons. The van der Waals surface area contributed by atoms with Gasteiger partial charge in [0, 0.05) is 13.5 Å². The second kappa shape index (κ2) is 10.00. The number of nitrogens with zero attached hydrogens (tertiary/aromatic N) is 2. The summed E-state index contributed by atoms with van der Waals surface area (Å²) in [5, 5.41) is 12.4. The number of carbonyl (C=O) groups is 1. The number of methoxy groups -OCH3 is 1. The molecule has 24 heavy (non-hydrogen) atoms. The van der Waals surface area contributed by atoms with Crippen molar-refractivity contribution in [2.45, 2.75) is 32.6 Å². The molecule has 2 aromatic rings. The predicted octanol–water partition coefficient (Wildman–Crippen LogP) is 3.55. The fraction of sp³-hybridized carbons (Fsp3) is 0.471. The van der Waals surface area contributed by atoms with Gasteiger partial charge >= 0.3 is 0 Å². The van der Waals surface area contributed by atoms with Crippen molar-refractivity contribution in [3.05, 3.63) is 34.8 Å². The van der Waals surface area contributed by atoms with Crippen LogP contribution in [-0.2, 0) is 11.2 Å². The molecular weight excluding hydrogens is 326 g/mol. The summed E-state index contributed by atoms with van der Waals surface area (Å²) in [6, 6.07) is 7.12. The Morgan fingerprint density at radius 3 is 2.83 bits per heavy atom. The van der Waals surface area contributed by atoms with Gasteiger partial charge in [-0.25, -0.2) is 0 Å². The van der Waals surface area contributed by atoms with Crippen molar-refractivity contribution in [1.82, 2.24) is 10.2 Å². The maximum atomic E-state index is 12.5. The van der Waals surface area contributed by atoms with Gasteiger partial charge in [-0.15, -0.1) is 10.2 Å². The lowest BCUT2D eigenvalue weighted by atomic mass is 10.2. The number of carbonyl (C=O) groups excluding carboxylic acids is 1. The Bertz CT molecular complexity index is 646. The largest absolute Gasteiger partial charge is 0.490 e. The van der Waals surface area contributed by atoms with E-state index in [2.05, 4.69) is 22.4 Å². The summed E-state index contributed by atoms with van der Waals surface area (Å²) in [5.74, 6) is 0.277. The quantitative estimate of drug-likeness (QED) is 0.664. The van der Waals surface area contributed by atoms with Crippen LogP contribution in [0.2, 0.25) is 0 Å². The number of aryl methyl sites for hydroxylation is 1. The first kappa shape index (κ1) is 18.4. The predicted molar refractivity (Wildman–Crippen MR) is 94.9 cm³/mol. The van der Waals surface area contributed by atoms with Gasteiger partial charge in [-0.05, 0) is 18.6 Å². The zero-order valence-corrected chi connectivity index (χ0v) is 14.9. The number of hydrogen-bond acceptors (Lipinski definition) is 6. The topological polar surface area (TPSA) is 73.3 Å². The minimum atomic E-state index is -0.251. The van der Waals surface area contributed by atoms with Crippen molar-refractivity contribution < 1.29 is 14.3 Å². The lowest BCUT2D eigenvalue weighted by molar-refractivity contribution is 0.101. The molecule has 0 fully saturated rings. The second-order valence-corrected chi connectivity index (χ2v) is 6.31. The van der Waals surface area contributed by atoms with Crippen molar-refractivity contribution >= 4 is 22.4 Å². The van der Waals surface area contributed by atoms with Crippen LogP contribution < -0.4 is 10.1 Å². The first-order valence-corrected chi connectivity index (χ1v) is 8.90. The number of aromatic nitrogens is 2. The molecule has 0 aliphatic carbocycles. The third-order valence-electron chi connectivity index (χ3n) is 3.36. The van der Waals surface area contributed by atoms with Gasteiger partial charge in [0.25, 0.3) is 5.91 Å². The van der Waals surface area contributed by atoms with Crippen LogP contribution in [0.3, 0.4) is 0 Å². The average Bonchev–Trinajstić information content (AvgIpc) is 3.03. The number of nitrogens with one attached hydrogen (secondary N) is 1. The molecule has 0 bridgehead atoms. The van der Waals surface area contributed by atoms with Crippen molar-refractivity contribution in [3.8, 4) is 5.75 Å². The Morgan fingerprint density at radius 1 is 1.21 bits per heavy atom. The van der Waals surface area contributed by atoms with Crippen LogP contribution in [0.4, 0.5) is 5.13 Å². The lowest BCUT2D eigenvalue weighted by Gasteiger charge is -2.10. The maximum absolute atomic E-state index is 12.5. The number of para-hydroxylation sites is 1. The molecule has 1 aromatic heterocycles. The summed E-state index contributed by atoms with van der Waals surface area (Å²) in [6.07, 6.45) is 4.34. The molecule has 1 heterocycles. The third kappa shape index (κ3) is 5.58. The molecule has 6 nitrogen and oxygen atoms in total. The fourth-order valence-corrected chi connectivity index (χ4v) is 2.89. The number of benzene rings is 1. The van der Waals surface area contributed by atoms with E-state index in [0.717, 1.165) is 17.8 Å². The number of hydrogen-bond donors (Lipinski definition) is 1. The van der Waals surface area contributed by atoms with Gasteiger partial charge in [-0.1, -0.05) is 43.2 Å². The number of anilines is 1. The zero-order chi connectivity index (χ0) is 17.2. The number of rotatable bonds is 10. The minimum absolute atomic E-state index is 0.251. The smallest absolute Gasteiger partial charge is 0.261 e. The van der Waals surface area contributed by atoms with Gasteiger partial charge in [-0.3, -0.25) is 10.1 Å². The average molecular weight is 349 g/mol. The van der Waals surface area contributed by atoms with Gasteiger partial charge in [0.15, 0.2) is 0 Å². The standard InChI is InChI=1S/C17H23N3O3S/c1-3-4-5-10-15-19-20-17(24-15)18-16(21)13-8-6-7-9-14(13)23-12-11-22-2/h6-9H,3-5,10-12H2,1-2H3,(H,18,20,21). The highest BCUT2D eigenvalue weighted by atomic mass is 32.1. The molecule has 1 aromatic carbocycles. The molecule has 1 amide bonds. The Balaban J connectivity index is 1.97. The summed E-state index contributed by atoms with van der Waals surface area (Å²) in [6.45, 7) is 3.02. The van der Waals surface area contributed by atoms with Crippen LogP contribution in [0, 0.1) is 0 Å². The minimum Gasteiger partial charge on any atom is -0.490 e. The van der Waals surface area contributed by atoms with Crippen LogP contribution in [0.25, 0.3) is 0 Å². The van der Waals surface area contributed by atoms with Crippen LogP contribution in [-0.4, -0.2) is 36.4 Å². The van der Waals surface area contributed by atoms with Gasteiger partial charge in [0.1, 0.15) is 17.4 Å². The van der Waals surface area contributed by atoms with Crippen LogP contribution in [0.15, 0.2) is 24.3 Å². The highest BCUT2D eigenvalue weighted by Gasteiger charge is 2.14. The van der Waals surface area contributed by atoms with Gasteiger partial charge < -0.3 is 9.47 Å². The van der Waals surface area contributed by atoms with E-state index in [1.165, 1.54) is 24.2 Å². The van der Waals surface area contributed by atoms with E-state index in [4.69, 9.17) is 9.47 Å². The molecule has 0 unspecified atom stereocenters. The summed E-state index contributed by atoms with van der Waals surface area (Å²) >= 11 is 1.42. The first-order valence-electron chi connectivity index (χ1n) is 8.09. The van der Waals surface area contributed by atoms with E-state index in [1.54, 1.807) is 25.3 Å². The van der Waals surface area contributed by atoms with E-state index in [-0.39, 0.29) is 5.91 Å². The van der Waals surface area contributed by atoms with Crippen molar-refractivity contribution in [2.75, 3.05) is 25.6 Å². The Hall–Kier alpha value is -1.99. The molecule has 0 aliphatic heterocycles. The van der Waals surface area contributed by atoms with Gasteiger partial charge in [0.2, 0.25) is 5.13 Å². The monoisotopic (exact) mass is 349 g/mol. The van der Waals surface area contributed by atoms with Crippen LogP contribution >= 0.6 is 11.3 Å². The summed E-state index contributed by atoms with van der Waals surface area (Å²) in [5.41, 5.74) is 0.469.